The van der Waals surface area contributed by atoms with Gasteiger partial charge in [-0.25, -0.2) is 9.59 Å². The summed E-state index contributed by atoms with van der Waals surface area (Å²) in [4.78, 5) is 35.8. The van der Waals surface area contributed by atoms with Gasteiger partial charge in [-0.2, -0.15) is 5.26 Å². The molecule has 0 bridgehead atoms. The zero-order chi connectivity index (χ0) is 21.1. The lowest BCUT2D eigenvalue weighted by Gasteiger charge is -2.17. The van der Waals surface area contributed by atoms with Crippen molar-refractivity contribution in [1.29, 1.82) is 5.26 Å². The number of hydrogen-bond acceptors (Lipinski definition) is 6. The highest BCUT2D eigenvalue weighted by molar-refractivity contribution is 5.87. The number of esters is 1. The molecule has 0 aliphatic heterocycles. The lowest BCUT2D eigenvalue weighted by atomic mass is 10.0. The van der Waals surface area contributed by atoms with Gasteiger partial charge >= 0.3 is 12.1 Å². The first-order chi connectivity index (χ1) is 14.0. The van der Waals surface area contributed by atoms with Crippen molar-refractivity contribution in [3.63, 3.8) is 0 Å². The Bertz CT molecular complexity index is 893. The van der Waals surface area contributed by atoms with Gasteiger partial charge in [-0.05, 0) is 23.3 Å². The smallest absolute Gasteiger partial charge is 0.407 e. The van der Waals surface area contributed by atoms with Crippen LogP contribution >= 0.6 is 0 Å². The number of benzene rings is 2. The Balaban J connectivity index is 1.85. The fraction of sp³-hybridized carbons (Fsp3) is 0.238. The molecule has 0 unspecified atom stereocenters. The quantitative estimate of drug-likeness (QED) is 0.657. The van der Waals surface area contributed by atoms with Gasteiger partial charge in [-0.3, -0.25) is 4.79 Å². The zero-order valence-corrected chi connectivity index (χ0v) is 15.9. The summed E-state index contributed by atoms with van der Waals surface area (Å²) in [6.45, 7) is -0.284. The van der Waals surface area contributed by atoms with Crippen molar-refractivity contribution >= 4 is 18.0 Å². The van der Waals surface area contributed by atoms with Gasteiger partial charge in [0, 0.05) is 6.42 Å². The predicted octanol–water partition coefficient (Wildman–Crippen LogP) is 1.68. The number of methoxy groups -OCH3 is 1. The standard InChI is InChI=1S/C21H21N3O5/c1-28-20(26)18(11-16-8-5-9-17(10-16)12-22)24-19(25)13-23-21(27)29-14-15-6-3-2-4-7-15/h2-10,18H,11,13-14H2,1H3,(H,23,27)(H,24,25)/t18-/m0/s1. The van der Waals surface area contributed by atoms with Crippen LogP contribution in [-0.2, 0) is 32.1 Å². The van der Waals surface area contributed by atoms with E-state index in [1.807, 2.05) is 36.4 Å². The van der Waals surface area contributed by atoms with Crippen LogP contribution in [0.2, 0.25) is 0 Å². The van der Waals surface area contributed by atoms with Gasteiger partial charge in [-0.15, -0.1) is 0 Å². The molecule has 2 N–H and O–H groups in total. The van der Waals surface area contributed by atoms with Crippen LogP contribution in [0.3, 0.4) is 0 Å². The molecule has 8 heteroatoms. The predicted molar refractivity (Wildman–Crippen MR) is 103 cm³/mol. The van der Waals surface area contributed by atoms with E-state index in [1.54, 1.807) is 24.3 Å². The molecule has 2 amide bonds. The molecule has 0 aromatic heterocycles. The number of hydrogen-bond donors (Lipinski definition) is 2. The topological polar surface area (TPSA) is 118 Å². The number of amides is 2. The third-order valence-electron chi connectivity index (χ3n) is 3.92. The van der Waals surface area contributed by atoms with Crippen molar-refractivity contribution in [3.05, 3.63) is 71.3 Å². The molecular formula is C21H21N3O5. The molecule has 0 aliphatic rings. The zero-order valence-electron chi connectivity index (χ0n) is 15.9. The molecular weight excluding hydrogens is 374 g/mol. The maximum atomic E-state index is 12.1. The Labute approximate surface area is 168 Å². The third kappa shape index (κ3) is 7.34. The van der Waals surface area contributed by atoms with Gasteiger partial charge in [0.2, 0.25) is 5.91 Å². The number of nitrogens with one attached hydrogen (secondary N) is 2. The van der Waals surface area contributed by atoms with Crippen molar-refractivity contribution in [3.8, 4) is 6.07 Å². The van der Waals surface area contributed by atoms with Crippen molar-refractivity contribution in [2.75, 3.05) is 13.7 Å². The number of carbonyl (C=O) groups is 3. The minimum atomic E-state index is -0.955. The van der Waals surface area contributed by atoms with Crippen LogP contribution in [0.4, 0.5) is 4.79 Å². The minimum Gasteiger partial charge on any atom is -0.467 e. The maximum Gasteiger partial charge on any atom is 0.407 e. The monoisotopic (exact) mass is 395 g/mol. The molecule has 2 rings (SSSR count). The molecule has 0 saturated carbocycles. The van der Waals surface area contributed by atoms with Crippen LogP contribution in [0.25, 0.3) is 0 Å². The Kier molecular flexibility index (Phi) is 8.20. The number of nitriles is 1. The molecule has 0 saturated heterocycles. The fourth-order valence-corrected chi connectivity index (χ4v) is 2.51. The normalized spacial score (nSPS) is 10.9. The molecule has 0 heterocycles. The second-order valence-corrected chi connectivity index (χ2v) is 6.07. The van der Waals surface area contributed by atoms with Gasteiger partial charge in [0.05, 0.1) is 18.7 Å². The van der Waals surface area contributed by atoms with E-state index in [0.717, 1.165) is 5.56 Å². The Morgan fingerprint density at radius 1 is 1.07 bits per heavy atom. The largest absolute Gasteiger partial charge is 0.467 e. The molecule has 8 nitrogen and oxygen atoms in total. The first-order valence-corrected chi connectivity index (χ1v) is 8.82. The van der Waals surface area contributed by atoms with Crippen molar-refractivity contribution < 1.29 is 23.9 Å². The molecule has 0 spiro atoms. The SMILES string of the molecule is COC(=O)[C@H](Cc1cccc(C#N)c1)NC(=O)CNC(=O)OCc1ccccc1. The summed E-state index contributed by atoms with van der Waals surface area (Å²) >= 11 is 0. The van der Waals surface area contributed by atoms with E-state index in [4.69, 9.17) is 14.7 Å². The van der Waals surface area contributed by atoms with Crippen LogP contribution in [0.1, 0.15) is 16.7 Å². The molecule has 2 aromatic carbocycles. The van der Waals surface area contributed by atoms with Crippen molar-refractivity contribution in [2.24, 2.45) is 0 Å². The van der Waals surface area contributed by atoms with E-state index in [0.29, 0.717) is 11.1 Å². The Hall–Kier alpha value is -3.86. The van der Waals surface area contributed by atoms with E-state index in [2.05, 4.69) is 10.6 Å². The van der Waals surface area contributed by atoms with Gasteiger partial charge in [-0.1, -0.05) is 42.5 Å². The van der Waals surface area contributed by atoms with Gasteiger partial charge in [0.15, 0.2) is 0 Å². The molecule has 29 heavy (non-hydrogen) atoms. The molecule has 0 fully saturated rings. The van der Waals surface area contributed by atoms with E-state index in [9.17, 15) is 14.4 Å². The Morgan fingerprint density at radius 3 is 2.48 bits per heavy atom. The highest BCUT2D eigenvalue weighted by Crippen LogP contribution is 2.08. The van der Waals surface area contributed by atoms with Crippen LogP contribution in [0.15, 0.2) is 54.6 Å². The number of alkyl carbamates (subject to hydrolysis) is 1. The van der Waals surface area contributed by atoms with Gasteiger partial charge in [0.1, 0.15) is 19.2 Å². The summed E-state index contributed by atoms with van der Waals surface area (Å²) < 4.78 is 9.75. The lowest BCUT2D eigenvalue weighted by Crippen LogP contribution is -2.47. The summed E-state index contributed by atoms with van der Waals surface area (Å²) in [5.74, 6) is -1.21. The summed E-state index contributed by atoms with van der Waals surface area (Å²) in [6.07, 6.45) is -0.604. The molecule has 0 radical (unpaired) electrons. The second kappa shape index (κ2) is 11.1. The average Bonchev–Trinajstić information content (AvgIpc) is 2.76. The first-order valence-electron chi connectivity index (χ1n) is 8.82. The molecule has 1 atom stereocenters. The molecule has 150 valence electrons. The van der Waals surface area contributed by atoms with Crippen LogP contribution in [-0.4, -0.2) is 37.7 Å². The van der Waals surface area contributed by atoms with Crippen LogP contribution in [0, 0.1) is 11.3 Å². The average molecular weight is 395 g/mol. The van der Waals surface area contributed by atoms with Crippen molar-refractivity contribution in [1.82, 2.24) is 10.6 Å². The van der Waals surface area contributed by atoms with E-state index in [-0.39, 0.29) is 19.6 Å². The van der Waals surface area contributed by atoms with E-state index in [1.165, 1.54) is 7.11 Å². The lowest BCUT2D eigenvalue weighted by molar-refractivity contribution is -0.144. The van der Waals surface area contributed by atoms with Crippen LogP contribution in [0.5, 0.6) is 0 Å². The second-order valence-electron chi connectivity index (χ2n) is 6.07. The van der Waals surface area contributed by atoms with E-state index >= 15 is 0 Å². The maximum absolute atomic E-state index is 12.1. The number of carbonyl (C=O) groups excluding carboxylic acids is 3. The van der Waals surface area contributed by atoms with Gasteiger partial charge < -0.3 is 20.1 Å². The number of rotatable bonds is 8. The van der Waals surface area contributed by atoms with Gasteiger partial charge in [0.25, 0.3) is 0 Å². The summed E-state index contributed by atoms with van der Waals surface area (Å²) in [6, 6.07) is 16.9. The highest BCUT2D eigenvalue weighted by Gasteiger charge is 2.22. The summed E-state index contributed by atoms with van der Waals surface area (Å²) in [7, 11) is 1.21. The highest BCUT2D eigenvalue weighted by atomic mass is 16.5. The number of ether oxygens (including phenoxy) is 2. The minimum absolute atomic E-state index is 0.0777. The van der Waals surface area contributed by atoms with E-state index < -0.39 is 24.0 Å². The van der Waals surface area contributed by atoms with Crippen LogP contribution < -0.4 is 10.6 Å². The van der Waals surface area contributed by atoms with Crippen molar-refractivity contribution in [2.45, 2.75) is 19.1 Å². The third-order valence-corrected chi connectivity index (χ3v) is 3.92. The first kappa shape index (κ1) is 21.4. The fourth-order valence-electron chi connectivity index (χ4n) is 2.51. The molecule has 0 aliphatic carbocycles. The molecule has 2 aromatic rings. The summed E-state index contributed by atoms with van der Waals surface area (Å²) in [5, 5.41) is 13.8. The summed E-state index contributed by atoms with van der Waals surface area (Å²) in [5.41, 5.74) is 1.95. The Morgan fingerprint density at radius 2 is 1.79 bits per heavy atom. The number of nitrogens with zero attached hydrogens (tertiary/aromatic N) is 1.